The first-order chi connectivity index (χ1) is 1.73. The quantitative estimate of drug-likeness (QED) is 0.391. The average Bonchev–Trinajstić information content (AvgIpc) is 0.811. The van der Waals surface area contributed by atoms with Gasteiger partial charge in [0.1, 0.15) is 0 Å². The van der Waals surface area contributed by atoms with Crippen molar-refractivity contribution in [3.05, 3.63) is 0 Å². The van der Waals surface area contributed by atoms with Gasteiger partial charge in [0.05, 0.1) is 8.39 Å². The molecule has 0 aromatic rings. The largest absolute Gasteiger partial charge is 0.529 e. The van der Waals surface area contributed by atoms with Crippen LogP contribution in [0.5, 0.6) is 0 Å². The van der Waals surface area contributed by atoms with E-state index in [1.54, 1.807) is 0 Å². The summed E-state index contributed by atoms with van der Waals surface area (Å²) in [7, 11) is -2.87. The zero-order valence-electron chi connectivity index (χ0n) is 1.91. The maximum Gasteiger partial charge on any atom is 0.529 e. The highest BCUT2D eigenvalue weighted by molar-refractivity contribution is 7.44. The van der Waals surface area contributed by atoms with Gasteiger partial charge in [0, 0.05) is 0 Å². The van der Waals surface area contributed by atoms with Crippen molar-refractivity contribution < 1.29 is 8.39 Å². The van der Waals surface area contributed by atoms with Crippen LogP contribution in [0.1, 0.15) is 0 Å². The molecule has 0 nitrogen and oxygen atoms in total. The Bertz CT molecular complexity index is 29.0. The third kappa shape index (κ3) is 2390. The molecule has 4 heavy (non-hydrogen) atoms. The molecule has 0 amide bonds. The molecule has 0 bridgehead atoms. The third-order valence-corrected chi connectivity index (χ3v) is 0. The second-order valence-electron chi connectivity index (χ2n) is 0.303. The van der Waals surface area contributed by atoms with Gasteiger partial charge in [0.2, 0.25) is 0 Å². The lowest BCUT2D eigenvalue weighted by Gasteiger charge is -1.30. The Hall–Kier alpha value is 0.0300. The first-order valence-corrected chi connectivity index (χ1v) is 1.96. The van der Waals surface area contributed by atoms with Crippen molar-refractivity contribution in [2.75, 3.05) is 0 Å². The minimum Gasteiger partial charge on any atom is 0.0500 e. The predicted octanol–water partition coefficient (Wildman–Crippen LogP) is 1.67. The summed E-state index contributed by atoms with van der Waals surface area (Å²) < 4.78 is 20.6. The minimum atomic E-state index is -2.87. The van der Waals surface area contributed by atoms with Crippen molar-refractivity contribution in [2.24, 2.45) is 0 Å². The van der Waals surface area contributed by atoms with Crippen molar-refractivity contribution >= 4 is 14.5 Å². The van der Waals surface area contributed by atoms with E-state index in [4.69, 9.17) is 0 Å². The Morgan fingerprint density at radius 3 is 1.50 bits per heavy atom. The van der Waals surface area contributed by atoms with Crippen molar-refractivity contribution in [1.29, 1.82) is 0 Å². The van der Waals surface area contributed by atoms with E-state index < -0.39 is 8.17 Å². The highest BCUT2D eigenvalue weighted by atomic mass is 31.2. The summed E-state index contributed by atoms with van der Waals surface area (Å²) in [5.41, 5.74) is 0. The van der Waals surface area contributed by atoms with Crippen LogP contribution in [0.25, 0.3) is 0 Å². The second kappa shape index (κ2) is 1.36. The Kier molecular flexibility index (Phi) is 1.37. The number of hydrogen-bond acceptors (Lipinski definition) is 0. The summed E-state index contributed by atoms with van der Waals surface area (Å²) in [6.07, 6.45) is 2.37. The van der Waals surface area contributed by atoms with E-state index in [-0.39, 0.29) is 0 Å². The van der Waals surface area contributed by atoms with Gasteiger partial charge >= 0.3 is 8.17 Å². The van der Waals surface area contributed by atoms with Gasteiger partial charge < -0.3 is 0 Å². The SMILES string of the molecule is C=[P+](F)F. The van der Waals surface area contributed by atoms with E-state index >= 15 is 0 Å². The summed E-state index contributed by atoms with van der Waals surface area (Å²) in [4.78, 5) is 0. The molecule has 0 aliphatic rings. The summed E-state index contributed by atoms with van der Waals surface area (Å²) in [5.74, 6) is 0. The Balaban J connectivity index is 2.80. The molecule has 0 aromatic heterocycles. The standard InChI is InChI=1S/CH2F2P/c1-4(2)3/h1H2/q+1. The molecule has 0 rings (SSSR count). The molecule has 0 aliphatic heterocycles. The predicted molar refractivity (Wildman–Crippen MR) is 16.3 cm³/mol. The number of halogens is 2. The van der Waals surface area contributed by atoms with Gasteiger partial charge in [-0.05, 0) is 0 Å². The van der Waals surface area contributed by atoms with Crippen LogP contribution in [0, 0.1) is 0 Å². The van der Waals surface area contributed by atoms with Crippen LogP contribution in [0.3, 0.4) is 0 Å². The lowest BCUT2D eigenvalue weighted by atomic mass is 12.0. The van der Waals surface area contributed by atoms with Gasteiger partial charge in [-0.2, -0.15) is 0 Å². The zero-order chi connectivity index (χ0) is 3.58. The van der Waals surface area contributed by atoms with E-state index in [2.05, 4.69) is 6.30 Å². The average molecular weight is 83.0 g/mol. The van der Waals surface area contributed by atoms with Gasteiger partial charge in [0.15, 0.2) is 6.30 Å². The van der Waals surface area contributed by atoms with Gasteiger partial charge in [0.25, 0.3) is 0 Å². The van der Waals surface area contributed by atoms with E-state index in [0.717, 1.165) is 0 Å². The molecule has 0 N–H and O–H groups in total. The highest BCUT2D eigenvalue weighted by Gasteiger charge is 1.90. The molecule has 0 radical (unpaired) electrons. The zero-order valence-corrected chi connectivity index (χ0v) is 2.80. The van der Waals surface area contributed by atoms with E-state index in [9.17, 15) is 8.39 Å². The van der Waals surface area contributed by atoms with Crippen LogP contribution in [0.2, 0.25) is 0 Å². The summed E-state index contributed by atoms with van der Waals surface area (Å²) in [6, 6.07) is 0. The lowest BCUT2D eigenvalue weighted by Crippen LogP contribution is -1.08. The van der Waals surface area contributed by atoms with Crippen LogP contribution >= 0.6 is 8.17 Å². The van der Waals surface area contributed by atoms with Crippen LogP contribution in [-0.4, -0.2) is 6.30 Å². The molecule has 0 saturated carbocycles. The molecule has 24 valence electrons. The molecule has 0 fully saturated rings. The normalized spacial score (nSPS) is 6.50. The number of rotatable bonds is 0. The molecule has 0 aromatic carbocycles. The maximum absolute atomic E-state index is 10.3. The smallest absolute Gasteiger partial charge is 0.0500 e. The molecule has 0 spiro atoms. The molecular weight excluding hydrogens is 81.0 g/mol. The van der Waals surface area contributed by atoms with Gasteiger partial charge in [-0.25, -0.2) is 0 Å². The van der Waals surface area contributed by atoms with Crippen LogP contribution < -0.4 is 0 Å². The van der Waals surface area contributed by atoms with Gasteiger partial charge in [-0.1, -0.05) is 0 Å². The third-order valence-electron chi connectivity index (χ3n) is 0. The molecule has 0 heterocycles. The molecule has 0 aliphatic carbocycles. The topological polar surface area (TPSA) is 0 Å². The Labute approximate surface area is 24.1 Å². The van der Waals surface area contributed by atoms with Crippen molar-refractivity contribution in [1.82, 2.24) is 0 Å². The lowest BCUT2D eigenvalue weighted by molar-refractivity contribution is 0.777. The molecule has 3 heteroatoms. The Morgan fingerprint density at radius 1 is 1.50 bits per heavy atom. The van der Waals surface area contributed by atoms with Gasteiger partial charge in [-0.15, -0.1) is 0 Å². The molecule has 0 atom stereocenters. The van der Waals surface area contributed by atoms with Crippen LogP contribution in [0.4, 0.5) is 8.39 Å². The Morgan fingerprint density at radius 2 is 1.50 bits per heavy atom. The fraction of sp³-hybridized carbons (Fsp3) is 0. The first kappa shape index (κ1) is 4.03. The van der Waals surface area contributed by atoms with Crippen LogP contribution in [-0.2, 0) is 0 Å². The number of hydrogen-bond donors (Lipinski definition) is 0. The van der Waals surface area contributed by atoms with E-state index in [0.29, 0.717) is 0 Å². The van der Waals surface area contributed by atoms with Crippen LogP contribution in [0.15, 0.2) is 0 Å². The molecule has 0 saturated heterocycles. The van der Waals surface area contributed by atoms with E-state index in [1.165, 1.54) is 0 Å². The summed E-state index contributed by atoms with van der Waals surface area (Å²) in [6.45, 7) is 0. The van der Waals surface area contributed by atoms with E-state index in [1.807, 2.05) is 0 Å². The first-order valence-electron chi connectivity index (χ1n) is 0.654. The second-order valence-corrected chi connectivity index (χ2v) is 0.909. The fourth-order valence-corrected chi connectivity index (χ4v) is 0. The molecule has 0 unspecified atom stereocenters. The van der Waals surface area contributed by atoms with Crippen molar-refractivity contribution in [2.45, 2.75) is 0 Å². The monoisotopic (exact) mass is 83.0 g/mol. The minimum absolute atomic E-state index is 2.37. The summed E-state index contributed by atoms with van der Waals surface area (Å²) in [5, 5.41) is 0. The fourth-order valence-electron chi connectivity index (χ4n) is 0. The van der Waals surface area contributed by atoms with Crippen molar-refractivity contribution in [3.63, 3.8) is 0 Å². The highest BCUT2D eigenvalue weighted by Crippen LogP contribution is 2.19. The maximum atomic E-state index is 10.3. The molecular formula is CH2F2P+. The van der Waals surface area contributed by atoms with Crippen molar-refractivity contribution in [3.8, 4) is 0 Å². The summed E-state index contributed by atoms with van der Waals surface area (Å²) >= 11 is 0. The van der Waals surface area contributed by atoms with Gasteiger partial charge in [-0.3, -0.25) is 0 Å².